The van der Waals surface area contributed by atoms with Gasteiger partial charge in [0.25, 0.3) is 0 Å². The van der Waals surface area contributed by atoms with E-state index in [1.807, 2.05) is 0 Å². The van der Waals surface area contributed by atoms with Crippen LogP contribution in [0.1, 0.15) is 21.5 Å². The van der Waals surface area contributed by atoms with Gasteiger partial charge in [-0.3, -0.25) is 0 Å². The van der Waals surface area contributed by atoms with Crippen LogP contribution in [0.25, 0.3) is 0 Å². The van der Waals surface area contributed by atoms with Crippen LogP contribution in [0, 0.1) is 6.92 Å². The van der Waals surface area contributed by atoms with Gasteiger partial charge in [-0.05, 0) is 24.6 Å². The van der Waals surface area contributed by atoms with Crippen molar-refractivity contribution < 1.29 is 19.7 Å². The molecule has 0 radical (unpaired) electrons. The number of phenols is 2. The van der Waals surface area contributed by atoms with Crippen LogP contribution in [0.5, 0.6) is 11.5 Å². The highest BCUT2D eigenvalue weighted by Gasteiger charge is 2.17. The Hall–Kier alpha value is -2.20. The fraction of sp³-hybridized carbons (Fsp3) is 0.133. The molecular weight excluding hydrogens is 280 g/mol. The van der Waals surface area contributed by atoms with Crippen molar-refractivity contribution in [1.29, 1.82) is 0 Å². The molecule has 2 rings (SSSR count). The van der Waals surface area contributed by atoms with E-state index in [0.29, 0.717) is 16.1 Å². The van der Waals surface area contributed by atoms with Crippen molar-refractivity contribution in [3.05, 3.63) is 58.1 Å². The van der Waals surface area contributed by atoms with E-state index in [4.69, 9.17) is 16.3 Å². The minimum Gasteiger partial charge on any atom is -0.504 e. The molecule has 0 aliphatic rings. The number of phenolic OH excluding ortho intramolecular Hbond substituents is 2. The molecule has 0 saturated heterocycles. The third kappa shape index (κ3) is 2.86. The first-order valence-corrected chi connectivity index (χ1v) is 6.30. The maximum atomic E-state index is 11.9. The average molecular weight is 293 g/mol. The second-order valence-electron chi connectivity index (χ2n) is 4.29. The predicted octanol–water partition coefficient (Wildman–Crippen LogP) is 3.42. The molecule has 0 atom stereocenters. The first kappa shape index (κ1) is 14.2. The van der Waals surface area contributed by atoms with Gasteiger partial charge in [0.05, 0.1) is 0 Å². The zero-order valence-electron chi connectivity index (χ0n) is 10.8. The molecule has 0 bridgehead atoms. The molecule has 20 heavy (non-hydrogen) atoms. The van der Waals surface area contributed by atoms with Crippen molar-refractivity contribution in [2.45, 2.75) is 13.5 Å². The Labute approximate surface area is 121 Å². The predicted molar refractivity (Wildman–Crippen MR) is 75.1 cm³/mol. The molecule has 0 aliphatic heterocycles. The Morgan fingerprint density at radius 3 is 2.55 bits per heavy atom. The lowest BCUT2D eigenvalue weighted by molar-refractivity contribution is 0.0469. The van der Waals surface area contributed by atoms with Crippen molar-refractivity contribution in [3.63, 3.8) is 0 Å². The van der Waals surface area contributed by atoms with Gasteiger partial charge < -0.3 is 14.9 Å². The fourth-order valence-electron chi connectivity index (χ4n) is 1.68. The third-order valence-corrected chi connectivity index (χ3v) is 3.26. The van der Waals surface area contributed by atoms with E-state index in [1.54, 1.807) is 31.2 Å². The number of carbonyl (C=O) groups excluding carboxylic acids is 1. The number of aromatic hydroxyl groups is 2. The number of carbonyl (C=O) groups is 1. The Balaban J connectivity index is 2.14. The summed E-state index contributed by atoms with van der Waals surface area (Å²) in [5.41, 5.74) is 1.06. The number of aryl methyl sites for hydroxylation is 1. The zero-order chi connectivity index (χ0) is 14.7. The van der Waals surface area contributed by atoms with E-state index >= 15 is 0 Å². The second kappa shape index (κ2) is 5.84. The number of hydrogen-bond acceptors (Lipinski definition) is 4. The summed E-state index contributed by atoms with van der Waals surface area (Å²) in [5, 5.41) is 19.8. The van der Waals surface area contributed by atoms with Gasteiger partial charge in [0, 0.05) is 10.6 Å². The summed E-state index contributed by atoms with van der Waals surface area (Å²) in [6.45, 7) is 1.61. The van der Waals surface area contributed by atoms with Gasteiger partial charge in [-0.2, -0.15) is 0 Å². The van der Waals surface area contributed by atoms with Gasteiger partial charge in [0.1, 0.15) is 12.2 Å². The lowest BCUT2D eigenvalue weighted by Crippen LogP contribution is -2.06. The van der Waals surface area contributed by atoms with E-state index in [0.717, 1.165) is 0 Å². The van der Waals surface area contributed by atoms with Gasteiger partial charge in [-0.15, -0.1) is 0 Å². The van der Waals surface area contributed by atoms with Gasteiger partial charge in [0.15, 0.2) is 11.5 Å². The number of ether oxygens (including phenoxy) is 1. The lowest BCUT2D eigenvalue weighted by atomic mass is 10.1. The van der Waals surface area contributed by atoms with Crippen molar-refractivity contribution in [3.8, 4) is 11.5 Å². The average Bonchev–Trinajstić information content (AvgIpc) is 2.44. The first-order valence-electron chi connectivity index (χ1n) is 5.92. The molecule has 2 aromatic rings. The minimum atomic E-state index is -0.724. The quantitative estimate of drug-likeness (QED) is 0.672. The van der Waals surface area contributed by atoms with Crippen LogP contribution in [0.3, 0.4) is 0 Å². The Bertz CT molecular complexity index is 652. The maximum absolute atomic E-state index is 11.9. The Morgan fingerprint density at radius 2 is 1.85 bits per heavy atom. The molecule has 0 spiro atoms. The summed E-state index contributed by atoms with van der Waals surface area (Å²) in [6, 6.07) is 9.92. The maximum Gasteiger partial charge on any atom is 0.342 e. The van der Waals surface area contributed by atoms with E-state index in [9.17, 15) is 15.0 Å². The number of halogens is 1. The van der Waals surface area contributed by atoms with Gasteiger partial charge in [0.2, 0.25) is 0 Å². The van der Waals surface area contributed by atoms with Crippen molar-refractivity contribution in [1.82, 2.24) is 0 Å². The summed E-state index contributed by atoms with van der Waals surface area (Å²) < 4.78 is 5.08. The van der Waals surface area contributed by atoms with E-state index in [1.165, 1.54) is 12.1 Å². The molecule has 0 aliphatic carbocycles. The highest BCUT2D eigenvalue weighted by atomic mass is 35.5. The lowest BCUT2D eigenvalue weighted by Gasteiger charge is -2.09. The van der Waals surface area contributed by atoms with Crippen molar-refractivity contribution in [2.75, 3.05) is 0 Å². The number of benzene rings is 2. The molecule has 2 N–H and O–H groups in total. The molecular formula is C15H13ClO4. The first-order chi connectivity index (χ1) is 9.50. The van der Waals surface area contributed by atoms with Crippen molar-refractivity contribution >= 4 is 17.6 Å². The van der Waals surface area contributed by atoms with Gasteiger partial charge >= 0.3 is 5.97 Å². The highest BCUT2D eigenvalue weighted by molar-refractivity contribution is 6.31. The zero-order valence-corrected chi connectivity index (χ0v) is 11.5. The molecule has 4 nitrogen and oxygen atoms in total. The van der Waals surface area contributed by atoms with Crippen LogP contribution in [-0.2, 0) is 11.3 Å². The highest BCUT2D eigenvalue weighted by Crippen LogP contribution is 2.32. The molecule has 0 unspecified atom stereocenters. The number of rotatable bonds is 3. The van der Waals surface area contributed by atoms with Crippen molar-refractivity contribution in [2.24, 2.45) is 0 Å². The molecule has 0 heterocycles. The summed E-state index contributed by atoms with van der Waals surface area (Å²) in [4.78, 5) is 11.9. The topological polar surface area (TPSA) is 66.8 Å². The summed E-state index contributed by atoms with van der Waals surface area (Å²) in [5.74, 6) is -1.52. The Morgan fingerprint density at radius 1 is 1.15 bits per heavy atom. The molecule has 104 valence electrons. The van der Waals surface area contributed by atoms with Crippen LogP contribution >= 0.6 is 11.6 Å². The summed E-state index contributed by atoms with van der Waals surface area (Å²) in [6.07, 6.45) is 0. The molecule has 5 heteroatoms. The third-order valence-electron chi connectivity index (χ3n) is 2.89. The molecule has 0 amide bonds. The van der Waals surface area contributed by atoms with Gasteiger partial charge in [-0.25, -0.2) is 4.79 Å². The summed E-state index contributed by atoms with van der Waals surface area (Å²) >= 11 is 5.95. The van der Waals surface area contributed by atoms with E-state index < -0.39 is 11.7 Å². The monoisotopic (exact) mass is 292 g/mol. The molecule has 0 aromatic heterocycles. The number of esters is 1. The smallest absolute Gasteiger partial charge is 0.342 e. The van der Waals surface area contributed by atoms with Gasteiger partial charge in [-0.1, -0.05) is 35.9 Å². The molecule has 0 saturated carbocycles. The van der Waals surface area contributed by atoms with Crippen LogP contribution in [0.4, 0.5) is 0 Å². The van der Waals surface area contributed by atoms with Crippen LogP contribution < -0.4 is 0 Å². The minimum absolute atomic E-state index is 0.00736. The molecule has 0 fully saturated rings. The largest absolute Gasteiger partial charge is 0.504 e. The van der Waals surface area contributed by atoms with Crippen LogP contribution in [0.2, 0.25) is 5.02 Å². The van der Waals surface area contributed by atoms with E-state index in [-0.39, 0.29) is 17.9 Å². The fourth-order valence-corrected chi connectivity index (χ4v) is 1.87. The molecule has 2 aromatic carbocycles. The summed E-state index contributed by atoms with van der Waals surface area (Å²) in [7, 11) is 0. The Kier molecular flexibility index (Phi) is 4.15. The second-order valence-corrected chi connectivity index (χ2v) is 4.70. The van der Waals surface area contributed by atoms with Crippen LogP contribution in [-0.4, -0.2) is 16.2 Å². The SMILES string of the molecule is Cc1ccc(C(=O)OCc2ccccc2Cl)c(O)c1O. The standard InChI is InChI=1S/C15H13ClO4/c1-9-6-7-11(14(18)13(9)17)15(19)20-8-10-4-2-3-5-12(10)16/h2-7,17-18H,8H2,1H3. The van der Waals surface area contributed by atoms with Crippen LogP contribution in [0.15, 0.2) is 36.4 Å². The van der Waals surface area contributed by atoms with E-state index in [2.05, 4.69) is 0 Å². The number of hydrogen-bond donors (Lipinski definition) is 2. The normalized spacial score (nSPS) is 10.3.